The van der Waals surface area contributed by atoms with E-state index in [1.54, 1.807) is 4.90 Å². The Labute approximate surface area is 129 Å². The fourth-order valence-electron chi connectivity index (χ4n) is 1.38. The second-order valence-corrected chi connectivity index (χ2v) is 4.98. The van der Waals surface area contributed by atoms with Gasteiger partial charge in [0.15, 0.2) is 0 Å². The van der Waals surface area contributed by atoms with Crippen molar-refractivity contribution in [3.8, 4) is 0 Å². The van der Waals surface area contributed by atoms with Crippen LogP contribution in [-0.4, -0.2) is 80.0 Å². The van der Waals surface area contributed by atoms with Gasteiger partial charge in [-0.25, -0.2) is 4.79 Å². The smallest absolute Gasteiger partial charge is 0.347 e. The number of carboxylic acid groups (broad SMARTS) is 1. The topological polar surface area (TPSA) is 128 Å². The molecule has 0 spiro atoms. The summed E-state index contributed by atoms with van der Waals surface area (Å²) in [6, 6.07) is 0. The normalized spacial score (nSPS) is 11.3. The molecule has 0 rings (SSSR count). The lowest BCUT2D eigenvalue weighted by Crippen LogP contribution is -2.42. The monoisotopic (exact) mass is 320 g/mol. The molecule has 3 N–H and O–H groups in total. The highest BCUT2D eigenvalue weighted by atomic mass is 16.6. The van der Waals surface area contributed by atoms with E-state index in [1.807, 2.05) is 0 Å². The number of methoxy groups -OCH3 is 1. The molecular formula is C13H24N2O7. The number of hydrogen-bond donors (Lipinski definition) is 2. The first-order valence-corrected chi connectivity index (χ1v) is 6.75. The van der Waals surface area contributed by atoms with Gasteiger partial charge in [0.25, 0.3) is 0 Å². The average Bonchev–Trinajstić information content (AvgIpc) is 2.43. The van der Waals surface area contributed by atoms with Crippen LogP contribution in [0.5, 0.6) is 0 Å². The zero-order valence-electron chi connectivity index (χ0n) is 13.2. The Morgan fingerprint density at radius 2 is 1.73 bits per heavy atom. The van der Waals surface area contributed by atoms with Crippen LogP contribution in [-0.2, 0) is 28.6 Å². The lowest BCUT2D eigenvalue weighted by Gasteiger charge is -2.24. The van der Waals surface area contributed by atoms with Crippen LogP contribution in [0.1, 0.15) is 13.8 Å². The summed E-state index contributed by atoms with van der Waals surface area (Å²) in [6.45, 7) is 3.32. The molecule has 22 heavy (non-hydrogen) atoms. The molecular weight excluding hydrogens is 296 g/mol. The minimum absolute atomic E-state index is 0.0648. The van der Waals surface area contributed by atoms with Crippen molar-refractivity contribution in [1.29, 1.82) is 0 Å². The van der Waals surface area contributed by atoms with Gasteiger partial charge in [-0.1, -0.05) is 0 Å². The summed E-state index contributed by atoms with van der Waals surface area (Å²) in [5.74, 6) is -2.46. The second-order valence-electron chi connectivity index (χ2n) is 4.98. The zero-order valence-corrected chi connectivity index (χ0v) is 13.2. The van der Waals surface area contributed by atoms with Crippen LogP contribution in [0.2, 0.25) is 0 Å². The van der Waals surface area contributed by atoms with Gasteiger partial charge in [0.1, 0.15) is 6.61 Å². The van der Waals surface area contributed by atoms with Gasteiger partial charge < -0.3 is 25.1 Å². The molecule has 0 aromatic rings. The molecule has 9 nitrogen and oxygen atoms in total. The number of esters is 2. The maximum atomic E-state index is 11.8. The molecule has 0 aromatic heterocycles. The highest BCUT2D eigenvalue weighted by Gasteiger charge is 2.32. The van der Waals surface area contributed by atoms with Gasteiger partial charge in [0, 0.05) is 20.2 Å². The molecule has 0 unspecified atom stereocenters. The van der Waals surface area contributed by atoms with E-state index < -0.39 is 23.5 Å². The summed E-state index contributed by atoms with van der Waals surface area (Å²) in [7, 11) is 1.51. The van der Waals surface area contributed by atoms with Crippen molar-refractivity contribution >= 4 is 17.9 Å². The summed E-state index contributed by atoms with van der Waals surface area (Å²) in [5.41, 5.74) is 3.51. The Balaban J connectivity index is 4.41. The van der Waals surface area contributed by atoms with Gasteiger partial charge in [-0.15, -0.1) is 0 Å². The van der Waals surface area contributed by atoms with E-state index in [0.29, 0.717) is 13.2 Å². The Morgan fingerprint density at radius 1 is 1.14 bits per heavy atom. The molecule has 0 aliphatic rings. The number of rotatable bonds is 11. The van der Waals surface area contributed by atoms with Gasteiger partial charge in [0.2, 0.25) is 5.60 Å². The van der Waals surface area contributed by atoms with Gasteiger partial charge >= 0.3 is 17.9 Å². The molecule has 0 aliphatic carbocycles. The van der Waals surface area contributed by atoms with E-state index in [0.717, 1.165) is 0 Å². The number of nitrogens with two attached hydrogens (primary N) is 1. The molecule has 0 saturated carbocycles. The Hall–Kier alpha value is -1.71. The summed E-state index contributed by atoms with van der Waals surface area (Å²) in [5, 5.41) is 8.92. The fourth-order valence-corrected chi connectivity index (χ4v) is 1.38. The van der Waals surface area contributed by atoms with Gasteiger partial charge in [0.05, 0.1) is 19.7 Å². The van der Waals surface area contributed by atoms with Crippen molar-refractivity contribution in [3.63, 3.8) is 0 Å². The maximum Gasteiger partial charge on any atom is 0.347 e. The third-order valence-corrected chi connectivity index (χ3v) is 2.69. The van der Waals surface area contributed by atoms with Crippen LogP contribution in [0.4, 0.5) is 0 Å². The van der Waals surface area contributed by atoms with E-state index in [9.17, 15) is 14.4 Å². The molecule has 128 valence electrons. The van der Waals surface area contributed by atoms with Gasteiger partial charge in [-0.3, -0.25) is 14.5 Å². The minimum Gasteiger partial charge on any atom is -0.478 e. The number of ether oxygens (including phenoxy) is 3. The largest absolute Gasteiger partial charge is 0.478 e. The van der Waals surface area contributed by atoms with Gasteiger partial charge in [-0.05, 0) is 13.8 Å². The molecule has 0 atom stereocenters. The predicted molar refractivity (Wildman–Crippen MR) is 76.1 cm³/mol. The SMILES string of the molecule is COCCN(CCOC(=O)CN)CC(=O)OC(C)(C)C(=O)O. The first-order valence-electron chi connectivity index (χ1n) is 6.75. The van der Waals surface area contributed by atoms with Crippen LogP contribution in [0.25, 0.3) is 0 Å². The van der Waals surface area contributed by atoms with Crippen LogP contribution < -0.4 is 5.73 Å². The van der Waals surface area contributed by atoms with Crippen molar-refractivity contribution in [1.82, 2.24) is 4.90 Å². The predicted octanol–water partition coefficient (Wildman–Crippen LogP) is -1.16. The van der Waals surface area contributed by atoms with Crippen LogP contribution in [0.15, 0.2) is 0 Å². The summed E-state index contributed by atoms with van der Waals surface area (Å²) in [6.07, 6.45) is 0. The average molecular weight is 320 g/mol. The lowest BCUT2D eigenvalue weighted by atomic mass is 10.1. The number of hydrogen-bond acceptors (Lipinski definition) is 8. The Morgan fingerprint density at radius 3 is 2.23 bits per heavy atom. The maximum absolute atomic E-state index is 11.8. The van der Waals surface area contributed by atoms with Crippen molar-refractivity contribution in [3.05, 3.63) is 0 Å². The molecule has 0 aromatic carbocycles. The third-order valence-electron chi connectivity index (χ3n) is 2.69. The van der Waals surface area contributed by atoms with E-state index >= 15 is 0 Å². The molecule has 0 bridgehead atoms. The molecule has 0 amide bonds. The molecule has 0 fully saturated rings. The lowest BCUT2D eigenvalue weighted by molar-refractivity contribution is -0.175. The standard InChI is InChI=1S/C13H24N2O7/c1-13(2,12(18)19)22-11(17)9-15(4-6-20-3)5-7-21-10(16)8-14/h4-9,14H2,1-3H3,(H,18,19). The number of carbonyl (C=O) groups excluding carboxylic acids is 2. The third kappa shape index (κ3) is 8.55. The van der Waals surface area contributed by atoms with Crippen molar-refractivity contribution in [2.24, 2.45) is 5.73 Å². The van der Waals surface area contributed by atoms with E-state index in [1.165, 1.54) is 21.0 Å². The van der Waals surface area contributed by atoms with Crippen LogP contribution in [0.3, 0.4) is 0 Å². The fraction of sp³-hybridized carbons (Fsp3) is 0.769. The number of carbonyl (C=O) groups is 3. The number of nitrogens with zero attached hydrogens (tertiary/aromatic N) is 1. The minimum atomic E-state index is -1.60. The van der Waals surface area contributed by atoms with E-state index in [4.69, 9.17) is 25.1 Å². The molecule has 0 radical (unpaired) electrons. The van der Waals surface area contributed by atoms with Crippen molar-refractivity contribution in [2.75, 3.05) is 46.5 Å². The molecule has 0 heterocycles. The summed E-state index contributed by atoms with van der Waals surface area (Å²) < 4.78 is 14.7. The first kappa shape index (κ1) is 20.3. The molecule has 9 heteroatoms. The highest BCUT2D eigenvalue weighted by molar-refractivity contribution is 5.81. The molecule has 0 saturated heterocycles. The van der Waals surface area contributed by atoms with Gasteiger partial charge in [-0.2, -0.15) is 0 Å². The highest BCUT2D eigenvalue weighted by Crippen LogP contribution is 2.09. The summed E-state index contributed by atoms with van der Waals surface area (Å²) in [4.78, 5) is 35.3. The number of carboxylic acids is 1. The number of aliphatic carboxylic acids is 1. The summed E-state index contributed by atoms with van der Waals surface area (Å²) >= 11 is 0. The Kier molecular flexibility index (Phi) is 9.31. The zero-order chi connectivity index (χ0) is 17.2. The second kappa shape index (κ2) is 10.1. The first-order chi connectivity index (χ1) is 10.2. The van der Waals surface area contributed by atoms with Crippen molar-refractivity contribution < 1.29 is 33.7 Å². The van der Waals surface area contributed by atoms with Crippen LogP contribution in [0, 0.1) is 0 Å². The van der Waals surface area contributed by atoms with E-state index in [2.05, 4.69) is 0 Å². The quantitative estimate of drug-likeness (QED) is 0.453. The van der Waals surface area contributed by atoms with Crippen molar-refractivity contribution in [2.45, 2.75) is 19.4 Å². The Bertz CT molecular complexity index is 385. The van der Waals surface area contributed by atoms with E-state index in [-0.39, 0.29) is 26.2 Å². The molecule has 0 aliphatic heterocycles. The van der Waals surface area contributed by atoms with Crippen LogP contribution >= 0.6 is 0 Å².